The predicted molar refractivity (Wildman–Crippen MR) is 106 cm³/mol. The summed E-state index contributed by atoms with van der Waals surface area (Å²) in [5, 5.41) is 5.15. The Bertz CT molecular complexity index is 798. The third-order valence-corrected chi connectivity index (χ3v) is 6.14. The van der Waals surface area contributed by atoms with E-state index in [0.717, 1.165) is 51.2 Å². The maximum atomic E-state index is 6.02. The van der Waals surface area contributed by atoms with Gasteiger partial charge < -0.3 is 4.90 Å². The highest BCUT2D eigenvalue weighted by molar-refractivity contribution is 7.99. The first-order valence-corrected chi connectivity index (χ1v) is 10.3. The molecule has 3 rings (SSSR count). The molecule has 0 atom stereocenters. The average Bonchev–Trinajstić information content (AvgIpc) is 3.04. The fourth-order valence-corrected chi connectivity index (χ4v) is 4.73. The highest BCUT2D eigenvalue weighted by Crippen LogP contribution is 2.38. The zero-order valence-corrected chi connectivity index (χ0v) is 16.2. The Morgan fingerprint density at radius 3 is 2.58 bits per heavy atom. The van der Waals surface area contributed by atoms with Gasteiger partial charge in [0.15, 0.2) is 0 Å². The first-order chi connectivity index (χ1) is 11.7. The van der Waals surface area contributed by atoms with E-state index in [2.05, 4.69) is 46.2 Å². The van der Waals surface area contributed by atoms with Crippen LogP contribution >= 0.6 is 34.7 Å². The number of hydrogen-bond donors (Lipinski definition) is 0. The number of hydrogen-bond acceptors (Lipinski definition) is 5. The second-order valence-electron chi connectivity index (χ2n) is 5.39. The molecular formula is C18H20ClN3S2. The minimum atomic E-state index is 0.753. The van der Waals surface area contributed by atoms with Crippen LogP contribution < -0.4 is 0 Å². The summed E-state index contributed by atoms with van der Waals surface area (Å²) >= 11 is 9.50. The molecule has 6 heteroatoms. The molecule has 126 valence electrons. The second-order valence-corrected chi connectivity index (χ2v) is 7.77. The summed E-state index contributed by atoms with van der Waals surface area (Å²) in [7, 11) is 0. The lowest BCUT2D eigenvalue weighted by Gasteiger charge is -2.17. The largest absolute Gasteiger partial charge is 0.303 e. The number of rotatable bonds is 7. The van der Waals surface area contributed by atoms with Gasteiger partial charge >= 0.3 is 0 Å². The molecule has 24 heavy (non-hydrogen) atoms. The van der Waals surface area contributed by atoms with E-state index >= 15 is 0 Å². The van der Waals surface area contributed by atoms with Gasteiger partial charge in [-0.3, -0.25) is 0 Å². The van der Waals surface area contributed by atoms with E-state index in [0.29, 0.717) is 0 Å². The zero-order valence-electron chi connectivity index (χ0n) is 13.8. The van der Waals surface area contributed by atoms with Gasteiger partial charge in [-0.05, 0) is 30.8 Å². The Kier molecular flexibility index (Phi) is 6.11. The van der Waals surface area contributed by atoms with E-state index in [9.17, 15) is 0 Å². The SMILES string of the molecule is CCN(CC)CCSc1ncnc2scc(-c3ccc(Cl)cc3)c12. The zero-order chi connectivity index (χ0) is 16.9. The van der Waals surface area contributed by atoms with Crippen LogP contribution in [0.2, 0.25) is 5.02 Å². The number of aromatic nitrogens is 2. The van der Waals surface area contributed by atoms with Crippen LogP contribution in [-0.2, 0) is 0 Å². The van der Waals surface area contributed by atoms with Crippen LogP contribution in [0, 0.1) is 0 Å². The molecule has 0 aliphatic rings. The molecule has 1 aromatic carbocycles. The maximum Gasteiger partial charge on any atom is 0.128 e. The van der Waals surface area contributed by atoms with E-state index in [1.807, 2.05) is 23.9 Å². The number of thioether (sulfide) groups is 1. The first-order valence-electron chi connectivity index (χ1n) is 8.06. The topological polar surface area (TPSA) is 29.0 Å². The highest BCUT2D eigenvalue weighted by atomic mass is 35.5. The Balaban J connectivity index is 1.88. The molecule has 0 spiro atoms. The van der Waals surface area contributed by atoms with Gasteiger partial charge in [-0.25, -0.2) is 9.97 Å². The van der Waals surface area contributed by atoms with Gasteiger partial charge in [0.1, 0.15) is 16.2 Å². The number of benzene rings is 1. The van der Waals surface area contributed by atoms with E-state index in [1.54, 1.807) is 17.7 Å². The van der Waals surface area contributed by atoms with Gasteiger partial charge in [0.25, 0.3) is 0 Å². The molecule has 3 aromatic rings. The molecule has 0 saturated heterocycles. The van der Waals surface area contributed by atoms with E-state index in [4.69, 9.17) is 11.6 Å². The second kappa shape index (κ2) is 8.30. The lowest BCUT2D eigenvalue weighted by Crippen LogP contribution is -2.25. The van der Waals surface area contributed by atoms with Crippen molar-refractivity contribution in [2.45, 2.75) is 18.9 Å². The van der Waals surface area contributed by atoms with Crippen molar-refractivity contribution in [3.05, 3.63) is 41.0 Å². The monoisotopic (exact) mass is 377 g/mol. The Labute approximate surface area is 156 Å². The number of halogens is 1. The third kappa shape index (κ3) is 3.91. The first kappa shape index (κ1) is 17.7. The van der Waals surface area contributed by atoms with Crippen LogP contribution in [0.15, 0.2) is 41.0 Å². The molecule has 0 N–H and O–H groups in total. The number of fused-ring (bicyclic) bond motifs is 1. The van der Waals surface area contributed by atoms with Crippen LogP contribution in [0.5, 0.6) is 0 Å². The number of nitrogens with zero attached hydrogens (tertiary/aromatic N) is 3. The molecule has 0 radical (unpaired) electrons. The van der Waals surface area contributed by atoms with Crippen LogP contribution in [-0.4, -0.2) is 40.3 Å². The summed E-state index contributed by atoms with van der Waals surface area (Å²) in [4.78, 5) is 12.5. The molecule has 0 aliphatic heterocycles. The molecule has 2 heterocycles. The number of thiophene rings is 1. The molecule has 0 amide bonds. The molecule has 0 saturated carbocycles. The fourth-order valence-electron chi connectivity index (χ4n) is 2.61. The smallest absolute Gasteiger partial charge is 0.128 e. The summed E-state index contributed by atoms with van der Waals surface area (Å²) in [6, 6.07) is 7.97. The van der Waals surface area contributed by atoms with Crippen molar-refractivity contribution in [1.82, 2.24) is 14.9 Å². The van der Waals surface area contributed by atoms with E-state index in [1.165, 1.54) is 5.56 Å². The van der Waals surface area contributed by atoms with Gasteiger partial charge in [0, 0.05) is 28.3 Å². The molecule has 0 bridgehead atoms. The van der Waals surface area contributed by atoms with Crippen molar-refractivity contribution in [2.75, 3.05) is 25.4 Å². The Morgan fingerprint density at radius 1 is 1.12 bits per heavy atom. The lowest BCUT2D eigenvalue weighted by atomic mass is 10.1. The third-order valence-electron chi connectivity index (χ3n) is 4.03. The van der Waals surface area contributed by atoms with Gasteiger partial charge in [-0.1, -0.05) is 37.6 Å². The Hall–Kier alpha value is -1.14. The van der Waals surface area contributed by atoms with Crippen LogP contribution in [0.25, 0.3) is 21.3 Å². The van der Waals surface area contributed by atoms with Gasteiger partial charge in [0.2, 0.25) is 0 Å². The summed E-state index contributed by atoms with van der Waals surface area (Å²) in [5.74, 6) is 1.03. The summed E-state index contributed by atoms with van der Waals surface area (Å²) in [5.41, 5.74) is 2.35. The summed E-state index contributed by atoms with van der Waals surface area (Å²) < 4.78 is 0. The van der Waals surface area contributed by atoms with Crippen LogP contribution in [0.3, 0.4) is 0 Å². The van der Waals surface area contributed by atoms with Crippen molar-refractivity contribution in [3.8, 4) is 11.1 Å². The van der Waals surface area contributed by atoms with Gasteiger partial charge in [0.05, 0.1) is 5.39 Å². The molecule has 2 aromatic heterocycles. The minimum absolute atomic E-state index is 0.753. The molecule has 0 aliphatic carbocycles. The molecule has 3 nitrogen and oxygen atoms in total. The van der Waals surface area contributed by atoms with Crippen molar-refractivity contribution in [2.24, 2.45) is 0 Å². The van der Waals surface area contributed by atoms with E-state index in [-0.39, 0.29) is 0 Å². The van der Waals surface area contributed by atoms with Gasteiger partial charge in [-0.2, -0.15) is 0 Å². The normalized spacial score (nSPS) is 11.5. The quantitative estimate of drug-likeness (QED) is 0.404. The minimum Gasteiger partial charge on any atom is -0.303 e. The van der Waals surface area contributed by atoms with Crippen LogP contribution in [0.1, 0.15) is 13.8 Å². The molecule has 0 unspecified atom stereocenters. The maximum absolute atomic E-state index is 6.02. The summed E-state index contributed by atoms with van der Waals surface area (Å²) in [6.07, 6.45) is 1.67. The molecule has 0 fully saturated rings. The Morgan fingerprint density at radius 2 is 1.88 bits per heavy atom. The summed E-state index contributed by atoms with van der Waals surface area (Å²) in [6.45, 7) is 7.65. The van der Waals surface area contributed by atoms with Crippen molar-refractivity contribution in [3.63, 3.8) is 0 Å². The van der Waals surface area contributed by atoms with Gasteiger partial charge in [-0.15, -0.1) is 23.1 Å². The predicted octanol–water partition coefficient (Wildman–Crippen LogP) is 5.45. The van der Waals surface area contributed by atoms with Crippen molar-refractivity contribution in [1.29, 1.82) is 0 Å². The van der Waals surface area contributed by atoms with E-state index < -0.39 is 0 Å². The standard InChI is InChI=1S/C18H20ClN3S2/c1-3-22(4-2)9-10-23-17-16-15(11-24-18(16)21-12-20-17)13-5-7-14(19)8-6-13/h5-8,11-12H,3-4,9-10H2,1-2H3. The van der Waals surface area contributed by atoms with Crippen molar-refractivity contribution < 1.29 is 0 Å². The van der Waals surface area contributed by atoms with Crippen molar-refractivity contribution >= 4 is 44.9 Å². The average molecular weight is 378 g/mol. The highest BCUT2D eigenvalue weighted by Gasteiger charge is 2.13. The molecular weight excluding hydrogens is 358 g/mol. The van der Waals surface area contributed by atoms with Crippen LogP contribution in [0.4, 0.5) is 0 Å². The lowest BCUT2D eigenvalue weighted by molar-refractivity contribution is 0.324. The fraction of sp³-hybridized carbons (Fsp3) is 0.333.